The van der Waals surface area contributed by atoms with Gasteiger partial charge in [0.05, 0.1) is 11.1 Å². The Morgan fingerprint density at radius 2 is 2.11 bits per heavy atom. The van der Waals surface area contributed by atoms with Gasteiger partial charge in [-0.2, -0.15) is 5.10 Å². The lowest BCUT2D eigenvalue weighted by atomic mass is 9.95. The summed E-state index contributed by atoms with van der Waals surface area (Å²) in [4.78, 5) is 16.3. The van der Waals surface area contributed by atoms with Gasteiger partial charge in [0, 0.05) is 12.6 Å². The Hall–Kier alpha value is -2.29. The first kappa shape index (κ1) is 20.4. The van der Waals surface area contributed by atoms with Crippen molar-refractivity contribution >= 4 is 27.8 Å². The molecule has 0 radical (unpaired) electrons. The maximum atomic E-state index is 12.2. The lowest BCUT2D eigenvalue weighted by molar-refractivity contribution is -0.124. The second-order valence-electron chi connectivity index (χ2n) is 6.72. The summed E-state index contributed by atoms with van der Waals surface area (Å²) in [6, 6.07) is 4.09. The van der Waals surface area contributed by atoms with Crippen molar-refractivity contribution in [2.24, 2.45) is 0 Å². The quantitative estimate of drug-likeness (QED) is 0.539. The number of amides is 1. The molecule has 8 nitrogen and oxygen atoms in total. The summed E-state index contributed by atoms with van der Waals surface area (Å²) < 4.78 is 12.3. The number of aromatic nitrogens is 3. The first-order chi connectivity index (χ1) is 13.7. The van der Waals surface area contributed by atoms with Crippen molar-refractivity contribution in [3.63, 3.8) is 0 Å². The van der Waals surface area contributed by atoms with Crippen LogP contribution in [0.5, 0.6) is 11.5 Å². The molecule has 152 valence electrons. The Labute approximate surface area is 172 Å². The molecule has 1 aromatic carbocycles. The highest BCUT2D eigenvalue weighted by molar-refractivity contribution is 9.10. The van der Waals surface area contributed by atoms with Crippen LogP contribution in [0.25, 0.3) is 0 Å². The summed E-state index contributed by atoms with van der Waals surface area (Å²) in [7, 11) is 0. The average Bonchev–Trinajstić information content (AvgIpc) is 3.20. The number of H-pyrrole nitrogens is 1. The summed E-state index contributed by atoms with van der Waals surface area (Å²) in [5, 5.41) is 12.8. The average molecular weight is 452 g/mol. The van der Waals surface area contributed by atoms with Crippen molar-refractivity contribution in [1.29, 1.82) is 0 Å². The van der Waals surface area contributed by atoms with E-state index in [1.807, 2.05) is 19.1 Å². The van der Waals surface area contributed by atoms with Crippen molar-refractivity contribution in [3.8, 4) is 11.5 Å². The van der Waals surface area contributed by atoms with Crippen LogP contribution >= 0.6 is 15.9 Å². The summed E-state index contributed by atoms with van der Waals surface area (Å²) >= 11 is 3.54. The van der Waals surface area contributed by atoms with E-state index in [0.29, 0.717) is 30.6 Å². The van der Waals surface area contributed by atoms with E-state index in [-0.39, 0.29) is 18.6 Å². The van der Waals surface area contributed by atoms with Crippen LogP contribution in [0.2, 0.25) is 0 Å². The second kappa shape index (κ2) is 10.3. The van der Waals surface area contributed by atoms with Crippen LogP contribution in [-0.4, -0.2) is 40.3 Å². The number of benzene rings is 1. The molecule has 0 saturated heterocycles. The molecular weight excluding hydrogens is 426 g/mol. The van der Waals surface area contributed by atoms with Crippen molar-refractivity contribution < 1.29 is 14.3 Å². The largest absolute Gasteiger partial charge is 0.490 e. The topological polar surface area (TPSA) is 101 Å². The van der Waals surface area contributed by atoms with Crippen molar-refractivity contribution in [2.75, 3.05) is 18.5 Å². The standard InChI is InChI=1S/C19H26BrN5O3/c1-2-27-16-9-13(10-21-19-22-12-23-25-19)8-15(20)18(16)28-11-17(26)24-14-6-4-3-5-7-14/h8-9,12,14H,2-7,10-11H2,1H3,(H,24,26)(H2,21,22,23,25). The Balaban J connectivity index is 1.61. The van der Waals surface area contributed by atoms with Crippen LogP contribution < -0.4 is 20.1 Å². The SMILES string of the molecule is CCOc1cc(CNc2ncn[nH]2)cc(Br)c1OCC(=O)NC1CCCCC1. The van der Waals surface area contributed by atoms with E-state index in [4.69, 9.17) is 9.47 Å². The number of carbonyl (C=O) groups excluding carboxylic acids is 1. The van der Waals surface area contributed by atoms with Gasteiger partial charge in [-0.15, -0.1) is 0 Å². The zero-order chi connectivity index (χ0) is 19.8. The molecule has 2 aromatic rings. The van der Waals surface area contributed by atoms with Gasteiger partial charge in [-0.1, -0.05) is 19.3 Å². The van der Waals surface area contributed by atoms with Gasteiger partial charge in [-0.05, 0) is 53.4 Å². The van der Waals surface area contributed by atoms with Gasteiger partial charge in [0.15, 0.2) is 18.1 Å². The maximum absolute atomic E-state index is 12.2. The predicted octanol–water partition coefficient (Wildman–Crippen LogP) is 3.41. The number of nitrogens with one attached hydrogen (secondary N) is 3. The molecule has 3 rings (SSSR count). The first-order valence-corrected chi connectivity index (χ1v) is 10.4. The molecule has 9 heteroatoms. The predicted molar refractivity (Wildman–Crippen MR) is 110 cm³/mol. The molecule has 0 unspecified atom stereocenters. The number of carbonyl (C=O) groups is 1. The number of hydrogen-bond acceptors (Lipinski definition) is 6. The van der Waals surface area contributed by atoms with E-state index in [9.17, 15) is 4.79 Å². The highest BCUT2D eigenvalue weighted by Gasteiger charge is 2.18. The Kier molecular flexibility index (Phi) is 7.53. The second-order valence-corrected chi connectivity index (χ2v) is 7.57. The summed E-state index contributed by atoms with van der Waals surface area (Å²) in [5.41, 5.74) is 0.978. The molecule has 1 aliphatic carbocycles. The minimum atomic E-state index is -0.0997. The highest BCUT2D eigenvalue weighted by atomic mass is 79.9. The number of anilines is 1. The third-order valence-corrected chi connectivity index (χ3v) is 5.15. The summed E-state index contributed by atoms with van der Waals surface area (Å²) in [6.45, 7) is 2.91. The molecule has 1 saturated carbocycles. The van der Waals surface area contributed by atoms with Gasteiger partial charge in [0.25, 0.3) is 5.91 Å². The molecule has 0 bridgehead atoms. The van der Waals surface area contributed by atoms with Crippen LogP contribution in [0.15, 0.2) is 22.9 Å². The van der Waals surface area contributed by atoms with E-state index >= 15 is 0 Å². The lowest BCUT2D eigenvalue weighted by Crippen LogP contribution is -2.39. The maximum Gasteiger partial charge on any atom is 0.258 e. The lowest BCUT2D eigenvalue weighted by Gasteiger charge is -2.23. The number of nitrogens with zero attached hydrogens (tertiary/aromatic N) is 2. The number of hydrogen-bond donors (Lipinski definition) is 3. The van der Waals surface area contributed by atoms with Crippen LogP contribution in [0.1, 0.15) is 44.6 Å². The monoisotopic (exact) mass is 451 g/mol. The van der Waals surface area contributed by atoms with Crippen LogP contribution in [-0.2, 0) is 11.3 Å². The molecule has 3 N–H and O–H groups in total. The van der Waals surface area contributed by atoms with Crippen LogP contribution in [0, 0.1) is 0 Å². The van der Waals surface area contributed by atoms with Crippen molar-refractivity contribution in [3.05, 3.63) is 28.5 Å². The Bertz CT molecular complexity index is 763. The zero-order valence-electron chi connectivity index (χ0n) is 16.0. The fourth-order valence-corrected chi connectivity index (χ4v) is 3.86. The molecule has 1 heterocycles. The fraction of sp³-hybridized carbons (Fsp3) is 0.526. The third-order valence-electron chi connectivity index (χ3n) is 4.56. The Morgan fingerprint density at radius 1 is 1.29 bits per heavy atom. The molecule has 28 heavy (non-hydrogen) atoms. The molecular formula is C19H26BrN5O3. The molecule has 1 fully saturated rings. The van der Waals surface area contributed by atoms with Crippen LogP contribution in [0.4, 0.5) is 5.95 Å². The van der Waals surface area contributed by atoms with Crippen molar-refractivity contribution in [1.82, 2.24) is 20.5 Å². The summed E-state index contributed by atoms with van der Waals surface area (Å²) in [5.74, 6) is 1.62. The van der Waals surface area contributed by atoms with Gasteiger partial charge < -0.3 is 20.1 Å². The first-order valence-electron chi connectivity index (χ1n) is 9.62. The fourth-order valence-electron chi connectivity index (χ4n) is 3.26. The minimum Gasteiger partial charge on any atom is -0.490 e. The van der Waals surface area contributed by atoms with Gasteiger partial charge >= 0.3 is 0 Å². The van der Waals surface area contributed by atoms with E-state index in [1.54, 1.807) is 0 Å². The third kappa shape index (κ3) is 5.85. The molecule has 1 aliphatic rings. The van der Waals surface area contributed by atoms with Gasteiger partial charge in [-0.25, -0.2) is 10.1 Å². The van der Waals surface area contributed by atoms with E-state index in [2.05, 4.69) is 41.7 Å². The van der Waals surface area contributed by atoms with Crippen LogP contribution in [0.3, 0.4) is 0 Å². The van der Waals surface area contributed by atoms with Gasteiger partial charge in [-0.3, -0.25) is 4.79 Å². The van der Waals surface area contributed by atoms with Crippen molar-refractivity contribution in [2.45, 2.75) is 51.6 Å². The highest BCUT2D eigenvalue weighted by Crippen LogP contribution is 2.37. The smallest absolute Gasteiger partial charge is 0.258 e. The number of rotatable bonds is 9. The molecule has 0 aliphatic heterocycles. The van der Waals surface area contributed by atoms with Gasteiger partial charge in [0.1, 0.15) is 6.33 Å². The van der Waals surface area contributed by atoms with E-state index in [1.165, 1.54) is 25.6 Å². The molecule has 1 amide bonds. The number of ether oxygens (including phenoxy) is 2. The van der Waals surface area contributed by atoms with E-state index < -0.39 is 0 Å². The molecule has 0 atom stereocenters. The molecule has 1 aromatic heterocycles. The normalized spacial score (nSPS) is 14.5. The number of halogens is 1. The van der Waals surface area contributed by atoms with Gasteiger partial charge in [0.2, 0.25) is 5.95 Å². The Morgan fingerprint density at radius 3 is 2.82 bits per heavy atom. The van der Waals surface area contributed by atoms with E-state index in [0.717, 1.165) is 22.9 Å². The minimum absolute atomic E-state index is 0.0369. The molecule has 0 spiro atoms. The summed E-state index contributed by atoms with van der Waals surface area (Å²) in [6.07, 6.45) is 7.15. The number of aromatic amines is 1. The zero-order valence-corrected chi connectivity index (χ0v) is 17.5.